The van der Waals surface area contributed by atoms with Gasteiger partial charge in [-0.3, -0.25) is 0 Å². The van der Waals surface area contributed by atoms with Crippen LogP contribution in [0.25, 0.3) is 0 Å². The van der Waals surface area contributed by atoms with Crippen molar-refractivity contribution < 1.29 is 9.50 Å². The van der Waals surface area contributed by atoms with Crippen molar-refractivity contribution in [3.8, 4) is 5.75 Å². The Bertz CT molecular complexity index is 369. The summed E-state index contributed by atoms with van der Waals surface area (Å²) in [6.45, 7) is 4.20. The Balaban J connectivity index is 2.84. The van der Waals surface area contributed by atoms with Crippen LogP contribution in [-0.2, 0) is 6.42 Å². The SMILES string of the molecule is CCC=C(CCC)Cc1cc(F)ccc1O. The van der Waals surface area contributed by atoms with Crippen LogP contribution in [0.5, 0.6) is 5.75 Å². The average molecular weight is 222 g/mol. The van der Waals surface area contributed by atoms with Gasteiger partial charge >= 0.3 is 0 Å². The summed E-state index contributed by atoms with van der Waals surface area (Å²) in [7, 11) is 0. The van der Waals surface area contributed by atoms with E-state index in [1.54, 1.807) is 0 Å². The largest absolute Gasteiger partial charge is 0.508 e. The molecule has 88 valence electrons. The average Bonchev–Trinajstić information content (AvgIpc) is 2.24. The lowest BCUT2D eigenvalue weighted by Gasteiger charge is -2.08. The smallest absolute Gasteiger partial charge is 0.123 e. The van der Waals surface area contributed by atoms with Gasteiger partial charge in [-0.25, -0.2) is 4.39 Å². The maximum absolute atomic E-state index is 13.0. The minimum atomic E-state index is -0.292. The molecule has 2 heteroatoms. The molecule has 0 saturated heterocycles. The summed E-state index contributed by atoms with van der Waals surface area (Å²) in [6, 6.07) is 4.11. The Morgan fingerprint density at radius 1 is 1.38 bits per heavy atom. The topological polar surface area (TPSA) is 20.2 Å². The molecule has 1 N–H and O–H groups in total. The Morgan fingerprint density at radius 2 is 2.12 bits per heavy atom. The summed E-state index contributed by atoms with van der Waals surface area (Å²) in [6.07, 6.45) is 5.86. The molecule has 1 aromatic rings. The molecule has 0 radical (unpaired) electrons. The zero-order valence-corrected chi connectivity index (χ0v) is 9.96. The van der Waals surface area contributed by atoms with Gasteiger partial charge in [-0.2, -0.15) is 0 Å². The van der Waals surface area contributed by atoms with E-state index in [1.165, 1.54) is 23.8 Å². The molecule has 0 fully saturated rings. The fraction of sp³-hybridized carbons (Fsp3) is 0.429. The predicted octanol–water partition coefficient (Wildman–Crippen LogP) is 4.21. The molecule has 0 unspecified atom stereocenters. The molecule has 0 heterocycles. The lowest BCUT2D eigenvalue weighted by atomic mass is 9.99. The summed E-state index contributed by atoms with van der Waals surface area (Å²) in [5, 5.41) is 9.63. The zero-order chi connectivity index (χ0) is 12.0. The molecule has 0 aliphatic rings. The number of hydrogen-bond acceptors (Lipinski definition) is 1. The monoisotopic (exact) mass is 222 g/mol. The first-order valence-electron chi connectivity index (χ1n) is 5.82. The Hall–Kier alpha value is -1.31. The highest BCUT2D eigenvalue weighted by Crippen LogP contribution is 2.23. The third-order valence-corrected chi connectivity index (χ3v) is 2.52. The molecule has 1 aromatic carbocycles. The number of phenols is 1. The molecule has 1 rings (SSSR count). The van der Waals surface area contributed by atoms with Crippen LogP contribution in [0.4, 0.5) is 4.39 Å². The number of halogens is 1. The quantitative estimate of drug-likeness (QED) is 0.740. The standard InChI is InChI=1S/C14H19FO/c1-3-5-11(6-4-2)9-12-10-13(15)7-8-14(12)16/h5,7-8,10,16H,3-4,6,9H2,1-2H3. The van der Waals surface area contributed by atoms with Crippen LogP contribution in [0.3, 0.4) is 0 Å². The third kappa shape index (κ3) is 3.69. The van der Waals surface area contributed by atoms with E-state index in [4.69, 9.17) is 0 Å². The van der Waals surface area contributed by atoms with Gasteiger partial charge in [-0.1, -0.05) is 31.9 Å². The van der Waals surface area contributed by atoms with E-state index in [1.807, 2.05) is 0 Å². The summed E-state index contributed by atoms with van der Waals surface area (Å²) >= 11 is 0. The maximum Gasteiger partial charge on any atom is 0.123 e. The molecule has 0 aromatic heterocycles. The highest BCUT2D eigenvalue weighted by molar-refractivity contribution is 5.35. The van der Waals surface area contributed by atoms with Crippen molar-refractivity contribution in [2.45, 2.75) is 39.5 Å². The summed E-state index contributed by atoms with van der Waals surface area (Å²) < 4.78 is 13.0. The molecule has 1 nitrogen and oxygen atoms in total. The summed E-state index contributed by atoms with van der Waals surface area (Å²) in [4.78, 5) is 0. The number of allylic oxidation sites excluding steroid dienone is 2. The van der Waals surface area contributed by atoms with E-state index in [0.29, 0.717) is 12.0 Å². The van der Waals surface area contributed by atoms with Crippen LogP contribution < -0.4 is 0 Å². The van der Waals surface area contributed by atoms with Crippen LogP contribution in [0, 0.1) is 5.82 Å². The number of rotatable bonds is 5. The van der Waals surface area contributed by atoms with Gasteiger partial charge in [-0.05, 0) is 37.5 Å². The van der Waals surface area contributed by atoms with Crippen LogP contribution in [0.1, 0.15) is 38.7 Å². The Labute approximate surface area is 96.6 Å². The Kier molecular flexibility index (Phi) is 5.03. The second-order valence-corrected chi connectivity index (χ2v) is 3.97. The van der Waals surface area contributed by atoms with Crippen LogP contribution in [0.2, 0.25) is 0 Å². The lowest BCUT2D eigenvalue weighted by molar-refractivity contribution is 0.466. The van der Waals surface area contributed by atoms with E-state index in [0.717, 1.165) is 19.3 Å². The molecule has 0 atom stereocenters. The van der Waals surface area contributed by atoms with Gasteiger partial charge in [0, 0.05) is 5.56 Å². The van der Waals surface area contributed by atoms with Crippen molar-refractivity contribution in [2.24, 2.45) is 0 Å². The summed E-state index contributed by atoms with van der Waals surface area (Å²) in [5.41, 5.74) is 1.94. The number of aromatic hydroxyl groups is 1. The van der Waals surface area contributed by atoms with Gasteiger partial charge in [0.15, 0.2) is 0 Å². The minimum absolute atomic E-state index is 0.180. The van der Waals surface area contributed by atoms with Crippen LogP contribution in [-0.4, -0.2) is 5.11 Å². The maximum atomic E-state index is 13.0. The van der Waals surface area contributed by atoms with Crippen molar-refractivity contribution in [1.82, 2.24) is 0 Å². The molecule has 0 bridgehead atoms. The van der Waals surface area contributed by atoms with E-state index in [2.05, 4.69) is 19.9 Å². The molecular weight excluding hydrogens is 203 g/mol. The lowest BCUT2D eigenvalue weighted by Crippen LogP contribution is -1.93. The Morgan fingerprint density at radius 3 is 2.75 bits per heavy atom. The van der Waals surface area contributed by atoms with Crippen molar-refractivity contribution in [2.75, 3.05) is 0 Å². The number of hydrogen-bond donors (Lipinski definition) is 1. The van der Waals surface area contributed by atoms with Crippen LogP contribution >= 0.6 is 0 Å². The zero-order valence-electron chi connectivity index (χ0n) is 9.96. The number of phenolic OH excluding ortho intramolecular Hbond substituents is 1. The van der Waals surface area contributed by atoms with Gasteiger partial charge < -0.3 is 5.11 Å². The first kappa shape index (κ1) is 12.8. The van der Waals surface area contributed by atoms with Crippen molar-refractivity contribution in [3.63, 3.8) is 0 Å². The molecule has 16 heavy (non-hydrogen) atoms. The first-order chi connectivity index (χ1) is 7.67. The van der Waals surface area contributed by atoms with Gasteiger partial charge in [0.25, 0.3) is 0 Å². The van der Waals surface area contributed by atoms with Gasteiger partial charge in [0.2, 0.25) is 0 Å². The molecular formula is C14H19FO. The number of benzene rings is 1. The fourth-order valence-electron chi connectivity index (χ4n) is 1.81. The van der Waals surface area contributed by atoms with E-state index >= 15 is 0 Å². The van der Waals surface area contributed by atoms with Gasteiger partial charge in [0.1, 0.15) is 11.6 Å². The molecule has 0 amide bonds. The summed E-state index contributed by atoms with van der Waals surface area (Å²) in [5.74, 6) is -0.111. The third-order valence-electron chi connectivity index (χ3n) is 2.52. The second kappa shape index (κ2) is 6.31. The van der Waals surface area contributed by atoms with Crippen molar-refractivity contribution >= 4 is 0 Å². The van der Waals surface area contributed by atoms with Crippen LogP contribution in [0.15, 0.2) is 29.8 Å². The van der Waals surface area contributed by atoms with E-state index in [-0.39, 0.29) is 11.6 Å². The molecule has 0 aliphatic carbocycles. The fourth-order valence-corrected chi connectivity index (χ4v) is 1.81. The normalized spacial score (nSPS) is 11.8. The van der Waals surface area contributed by atoms with E-state index in [9.17, 15) is 9.50 Å². The predicted molar refractivity (Wildman–Crippen MR) is 65.1 cm³/mol. The van der Waals surface area contributed by atoms with E-state index < -0.39 is 0 Å². The van der Waals surface area contributed by atoms with Crippen molar-refractivity contribution in [3.05, 3.63) is 41.2 Å². The highest BCUT2D eigenvalue weighted by atomic mass is 19.1. The second-order valence-electron chi connectivity index (χ2n) is 3.97. The highest BCUT2D eigenvalue weighted by Gasteiger charge is 2.05. The van der Waals surface area contributed by atoms with Gasteiger partial charge in [-0.15, -0.1) is 0 Å². The molecule has 0 spiro atoms. The first-order valence-corrected chi connectivity index (χ1v) is 5.82. The van der Waals surface area contributed by atoms with Crippen molar-refractivity contribution in [1.29, 1.82) is 0 Å². The molecule has 0 saturated carbocycles. The van der Waals surface area contributed by atoms with Gasteiger partial charge in [0.05, 0.1) is 0 Å². The molecule has 0 aliphatic heterocycles. The minimum Gasteiger partial charge on any atom is -0.508 e.